The standard InChI is InChI=1S/C21H26N4O/c1-16-23-19(21(26)25(2)18-11-7-4-8-12-18)15-20(24-16)22-14-13-17-9-5-3-6-10-17/h4,7-9,11-12,15H,3,5-6,10,13-14H2,1-2H3,(H,22,23,24). The monoisotopic (exact) mass is 350 g/mol. The number of benzene rings is 1. The summed E-state index contributed by atoms with van der Waals surface area (Å²) in [5, 5.41) is 3.34. The van der Waals surface area contributed by atoms with Gasteiger partial charge in [0.1, 0.15) is 17.3 Å². The molecular weight excluding hydrogens is 324 g/mol. The van der Waals surface area contributed by atoms with Gasteiger partial charge in [-0.2, -0.15) is 0 Å². The average molecular weight is 350 g/mol. The lowest BCUT2D eigenvalue weighted by atomic mass is 9.97. The van der Waals surface area contributed by atoms with E-state index in [1.807, 2.05) is 37.3 Å². The molecule has 1 aliphatic carbocycles. The number of hydrogen-bond acceptors (Lipinski definition) is 4. The summed E-state index contributed by atoms with van der Waals surface area (Å²) in [5.41, 5.74) is 2.77. The molecular formula is C21H26N4O. The van der Waals surface area contributed by atoms with Gasteiger partial charge in [0, 0.05) is 25.3 Å². The van der Waals surface area contributed by atoms with E-state index in [2.05, 4.69) is 21.4 Å². The molecule has 3 rings (SSSR count). The Labute approximate surface area is 155 Å². The molecule has 26 heavy (non-hydrogen) atoms. The second-order valence-electron chi connectivity index (χ2n) is 6.67. The molecule has 1 aromatic heterocycles. The van der Waals surface area contributed by atoms with Crippen molar-refractivity contribution >= 4 is 17.4 Å². The Balaban J connectivity index is 1.66. The van der Waals surface area contributed by atoms with E-state index in [4.69, 9.17) is 0 Å². The van der Waals surface area contributed by atoms with Crippen LogP contribution in [-0.2, 0) is 0 Å². The molecule has 0 fully saturated rings. The van der Waals surface area contributed by atoms with Gasteiger partial charge in [-0.3, -0.25) is 4.79 Å². The molecule has 1 N–H and O–H groups in total. The zero-order chi connectivity index (χ0) is 18.4. The Morgan fingerprint density at radius 3 is 2.73 bits per heavy atom. The predicted molar refractivity (Wildman–Crippen MR) is 106 cm³/mol. The Hall–Kier alpha value is -2.69. The summed E-state index contributed by atoms with van der Waals surface area (Å²) in [6, 6.07) is 11.3. The van der Waals surface area contributed by atoms with E-state index in [0.29, 0.717) is 17.3 Å². The zero-order valence-corrected chi connectivity index (χ0v) is 15.5. The topological polar surface area (TPSA) is 58.1 Å². The third-order valence-corrected chi connectivity index (χ3v) is 4.64. The fourth-order valence-corrected chi connectivity index (χ4v) is 3.19. The maximum absolute atomic E-state index is 12.8. The maximum atomic E-state index is 12.8. The summed E-state index contributed by atoms with van der Waals surface area (Å²) in [6.07, 6.45) is 8.39. The second-order valence-corrected chi connectivity index (χ2v) is 6.67. The van der Waals surface area contributed by atoms with E-state index in [-0.39, 0.29) is 5.91 Å². The minimum Gasteiger partial charge on any atom is -0.370 e. The molecule has 1 aromatic carbocycles. The van der Waals surface area contributed by atoms with Crippen LogP contribution in [0, 0.1) is 6.92 Å². The van der Waals surface area contributed by atoms with Crippen molar-refractivity contribution in [3.05, 3.63) is 59.6 Å². The molecule has 5 heteroatoms. The van der Waals surface area contributed by atoms with Gasteiger partial charge in [-0.15, -0.1) is 0 Å². The van der Waals surface area contributed by atoms with Crippen LogP contribution in [0.5, 0.6) is 0 Å². The van der Waals surface area contributed by atoms with E-state index in [1.165, 1.54) is 31.3 Å². The van der Waals surface area contributed by atoms with E-state index < -0.39 is 0 Å². The van der Waals surface area contributed by atoms with Gasteiger partial charge in [-0.05, 0) is 51.2 Å². The normalized spacial score (nSPS) is 13.8. The lowest BCUT2D eigenvalue weighted by molar-refractivity contribution is 0.0988. The number of nitrogens with zero attached hydrogens (tertiary/aromatic N) is 3. The number of para-hydroxylation sites is 1. The van der Waals surface area contributed by atoms with Crippen LogP contribution < -0.4 is 10.2 Å². The van der Waals surface area contributed by atoms with Gasteiger partial charge in [0.2, 0.25) is 0 Å². The fraction of sp³-hybridized carbons (Fsp3) is 0.381. The second kappa shape index (κ2) is 8.61. The number of allylic oxidation sites excluding steroid dienone is 1. The van der Waals surface area contributed by atoms with Gasteiger partial charge in [0.15, 0.2) is 0 Å². The number of amides is 1. The SMILES string of the molecule is Cc1nc(NCCC2=CCCCC2)cc(C(=O)N(C)c2ccccc2)n1. The molecule has 1 amide bonds. The number of carbonyl (C=O) groups is 1. The van der Waals surface area contributed by atoms with Crippen molar-refractivity contribution in [1.29, 1.82) is 0 Å². The van der Waals surface area contributed by atoms with Crippen molar-refractivity contribution in [3.8, 4) is 0 Å². The summed E-state index contributed by atoms with van der Waals surface area (Å²) in [4.78, 5) is 23.1. The molecule has 136 valence electrons. The zero-order valence-electron chi connectivity index (χ0n) is 15.5. The predicted octanol–water partition coefficient (Wildman–Crippen LogP) is 4.36. The highest BCUT2D eigenvalue weighted by molar-refractivity contribution is 6.04. The van der Waals surface area contributed by atoms with Gasteiger partial charge in [-0.25, -0.2) is 9.97 Å². The number of carbonyl (C=O) groups excluding carboxylic acids is 1. The smallest absolute Gasteiger partial charge is 0.276 e. The molecule has 0 saturated heterocycles. The quantitative estimate of drug-likeness (QED) is 0.786. The molecule has 0 bridgehead atoms. The third-order valence-electron chi connectivity index (χ3n) is 4.64. The van der Waals surface area contributed by atoms with Gasteiger partial charge in [0.25, 0.3) is 5.91 Å². The summed E-state index contributed by atoms with van der Waals surface area (Å²) in [6.45, 7) is 2.64. The Bertz CT molecular complexity index is 786. The first-order valence-electron chi connectivity index (χ1n) is 9.24. The largest absolute Gasteiger partial charge is 0.370 e. The van der Waals surface area contributed by atoms with Gasteiger partial charge < -0.3 is 10.2 Å². The summed E-state index contributed by atoms with van der Waals surface area (Å²) in [7, 11) is 1.76. The van der Waals surface area contributed by atoms with Crippen molar-refractivity contribution in [2.24, 2.45) is 0 Å². The first kappa shape index (κ1) is 18.1. The highest BCUT2D eigenvalue weighted by Crippen LogP contribution is 2.20. The summed E-state index contributed by atoms with van der Waals surface area (Å²) < 4.78 is 0. The first-order valence-corrected chi connectivity index (χ1v) is 9.24. The molecule has 0 saturated carbocycles. The highest BCUT2D eigenvalue weighted by Gasteiger charge is 2.16. The van der Waals surface area contributed by atoms with Crippen LogP contribution in [0.2, 0.25) is 0 Å². The molecule has 0 radical (unpaired) electrons. The van der Waals surface area contributed by atoms with Crippen molar-refractivity contribution in [2.75, 3.05) is 23.8 Å². The molecule has 5 nitrogen and oxygen atoms in total. The van der Waals surface area contributed by atoms with Crippen molar-refractivity contribution in [3.63, 3.8) is 0 Å². The van der Waals surface area contributed by atoms with E-state index in [0.717, 1.165) is 18.7 Å². The lowest BCUT2D eigenvalue weighted by Gasteiger charge is -2.17. The Morgan fingerprint density at radius 2 is 2.00 bits per heavy atom. The van der Waals surface area contributed by atoms with E-state index >= 15 is 0 Å². The number of aromatic nitrogens is 2. The first-order chi connectivity index (χ1) is 12.6. The molecule has 2 aromatic rings. The van der Waals surface area contributed by atoms with Gasteiger partial charge >= 0.3 is 0 Å². The Kier molecular flexibility index (Phi) is 6.00. The fourth-order valence-electron chi connectivity index (χ4n) is 3.19. The molecule has 1 heterocycles. The molecule has 0 atom stereocenters. The van der Waals surface area contributed by atoms with Crippen molar-refractivity contribution in [1.82, 2.24) is 9.97 Å². The van der Waals surface area contributed by atoms with Crippen LogP contribution in [0.1, 0.15) is 48.4 Å². The molecule has 1 aliphatic rings. The van der Waals surface area contributed by atoms with Crippen LogP contribution >= 0.6 is 0 Å². The molecule has 0 unspecified atom stereocenters. The minimum atomic E-state index is -0.139. The van der Waals surface area contributed by atoms with Crippen LogP contribution in [-0.4, -0.2) is 29.5 Å². The van der Waals surface area contributed by atoms with Crippen LogP contribution in [0.3, 0.4) is 0 Å². The number of aryl methyl sites for hydroxylation is 1. The van der Waals surface area contributed by atoms with Gasteiger partial charge in [-0.1, -0.05) is 29.8 Å². The highest BCUT2D eigenvalue weighted by atomic mass is 16.2. The van der Waals surface area contributed by atoms with Crippen molar-refractivity contribution < 1.29 is 4.79 Å². The lowest BCUT2D eigenvalue weighted by Crippen LogP contribution is -2.27. The average Bonchev–Trinajstić information content (AvgIpc) is 2.68. The van der Waals surface area contributed by atoms with Crippen LogP contribution in [0.25, 0.3) is 0 Å². The van der Waals surface area contributed by atoms with Gasteiger partial charge in [0.05, 0.1) is 0 Å². The summed E-state index contributed by atoms with van der Waals surface area (Å²) in [5.74, 6) is 1.16. The summed E-state index contributed by atoms with van der Waals surface area (Å²) >= 11 is 0. The number of rotatable bonds is 6. The number of nitrogens with one attached hydrogen (secondary N) is 1. The molecule has 0 aliphatic heterocycles. The maximum Gasteiger partial charge on any atom is 0.276 e. The van der Waals surface area contributed by atoms with Crippen LogP contribution in [0.4, 0.5) is 11.5 Å². The Morgan fingerprint density at radius 1 is 1.19 bits per heavy atom. The number of anilines is 2. The van der Waals surface area contributed by atoms with Crippen molar-refractivity contribution in [2.45, 2.75) is 39.0 Å². The van der Waals surface area contributed by atoms with Crippen LogP contribution in [0.15, 0.2) is 48.0 Å². The van der Waals surface area contributed by atoms with E-state index in [1.54, 1.807) is 18.0 Å². The molecule has 0 spiro atoms. The number of hydrogen-bond donors (Lipinski definition) is 1. The third kappa shape index (κ3) is 4.69. The minimum absolute atomic E-state index is 0.139. The van der Waals surface area contributed by atoms with E-state index in [9.17, 15) is 4.79 Å².